The molecule has 2 N–H and O–H groups in total. The quantitative estimate of drug-likeness (QED) is 0.377. The molecule has 1 amide bonds. The molecule has 0 radical (unpaired) electrons. The van der Waals surface area contributed by atoms with Crippen LogP contribution in [0.4, 0.5) is 22.9 Å². The number of aromatic nitrogens is 4. The van der Waals surface area contributed by atoms with Crippen molar-refractivity contribution in [3.63, 3.8) is 0 Å². The summed E-state index contributed by atoms with van der Waals surface area (Å²) in [5.41, 5.74) is 5.19. The van der Waals surface area contributed by atoms with E-state index in [1.165, 1.54) is 13.3 Å². The molecular formula is C28H34N8O2. The first-order valence-corrected chi connectivity index (χ1v) is 12.9. The number of carbonyl (C=O) groups is 1. The molecule has 0 aliphatic carbocycles. The van der Waals surface area contributed by atoms with Crippen molar-refractivity contribution in [1.29, 1.82) is 0 Å². The van der Waals surface area contributed by atoms with Crippen LogP contribution >= 0.6 is 0 Å². The highest BCUT2D eigenvalue weighted by atomic mass is 16.5. The van der Waals surface area contributed by atoms with E-state index >= 15 is 0 Å². The fraction of sp³-hybridized carbons (Fsp3) is 0.357. The number of piperazine rings is 1. The molecule has 1 fully saturated rings. The van der Waals surface area contributed by atoms with Crippen molar-refractivity contribution in [1.82, 2.24) is 24.6 Å². The number of hydrogen-bond acceptors (Lipinski definition) is 8. The molecule has 0 spiro atoms. The number of hydrogen-bond donors (Lipinski definition) is 2. The zero-order chi connectivity index (χ0) is 26.8. The Hall–Kier alpha value is -4.18. The molecular weight excluding hydrogens is 480 g/mol. The molecule has 0 saturated carbocycles. The van der Waals surface area contributed by atoms with E-state index in [2.05, 4.69) is 55.4 Å². The Labute approximate surface area is 222 Å². The van der Waals surface area contributed by atoms with Crippen LogP contribution in [-0.4, -0.2) is 69.9 Å². The van der Waals surface area contributed by atoms with E-state index in [1.54, 1.807) is 7.11 Å². The lowest BCUT2D eigenvalue weighted by molar-refractivity contribution is -0.114. The van der Waals surface area contributed by atoms with E-state index in [1.807, 2.05) is 48.3 Å². The minimum Gasteiger partial charge on any atom is -0.494 e. The van der Waals surface area contributed by atoms with Crippen LogP contribution in [0, 0.1) is 0 Å². The summed E-state index contributed by atoms with van der Waals surface area (Å²) in [4.78, 5) is 25.8. The number of likely N-dealkylation sites (N-methyl/N-ethyl adjacent to an activating group) is 1. The second kappa shape index (κ2) is 10.7. The van der Waals surface area contributed by atoms with Gasteiger partial charge in [-0.1, -0.05) is 13.0 Å². The third-order valence-electron chi connectivity index (χ3n) is 7.11. The van der Waals surface area contributed by atoms with Gasteiger partial charge < -0.3 is 20.3 Å². The molecule has 198 valence electrons. The molecule has 2 aromatic carbocycles. The first kappa shape index (κ1) is 25.5. The number of nitrogens with one attached hydrogen (secondary N) is 2. The number of amides is 1. The second-order valence-corrected chi connectivity index (χ2v) is 9.63. The van der Waals surface area contributed by atoms with Crippen LogP contribution in [0.25, 0.3) is 22.2 Å². The van der Waals surface area contributed by atoms with Gasteiger partial charge in [-0.2, -0.15) is 5.10 Å². The Kier molecular flexibility index (Phi) is 7.15. The van der Waals surface area contributed by atoms with Gasteiger partial charge in [0.05, 0.1) is 41.6 Å². The summed E-state index contributed by atoms with van der Waals surface area (Å²) in [6.45, 7) is 9.68. The molecule has 2 aromatic heterocycles. The monoisotopic (exact) mass is 514 g/mol. The van der Waals surface area contributed by atoms with Gasteiger partial charge >= 0.3 is 0 Å². The number of rotatable bonds is 7. The Balaban J connectivity index is 1.46. The number of ether oxygens (including phenoxy) is 1. The van der Waals surface area contributed by atoms with Crippen LogP contribution < -0.4 is 20.3 Å². The molecule has 0 bridgehead atoms. The van der Waals surface area contributed by atoms with Gasteiger partial charge in [-0.3, -0.25) is 14.4 Å². The van der Waals surface area contributed by atoms with E-state index in [4.69, 9.17) is 4.74 Å². The van der Waals surface area contributed by atoms with Crippen LogP contribution in [-0.2, 0) is 11.8 Å². The van der Waals surface area contributed by atoms with Gasteiger partial charge in [0.1, 0.15) is 17.9 Å². The maximum atomic E-state index is 12.1. The van der Waals surface area contributed by atoms with Gasteiger partial charge in [0.2, 0.25) is 5.91 Å². The van der Waals surface area contributed by atoms with Crippen LogP contribution in [0.5, 0.6) is 5.75 Å². The molecule has 10 nitrogen and oxygen atoms in total. The minimum atomic E-state index is -0.127. The second-order valence-electron chi connectivity index (χ2n) is 9.63. The Morgan fingerprint density at radius 3 is 2.71 bits per heavy atom. The standard InChI is InChI=1S/C28H34N8O2/c1-6-35-9-10-36(16-18(35)2)26-14-27(38-5)24(12-23(26)32-19(3)37)33-28-13-22(29-17-30-28)20-7-8-25-21(11-20)15-31-34(25)4/h7-8,11-15,17-18H,6,9-10,16H2,1-5H3,(H,32,37)(H,29,30,33)/t18-/m0/s1. The minimum absolute atomic E-state index is 0.127. The number of anilines is 4. The third kappa shape index (κ3) is 5.12. The number of aryl methyl sites for hydroxylation is 1. The normalized spacial score (nSPS) is 16.0. The maximum absolute atomic E-state index is 12.1. The van der Waals surface area contributed by atoms with Crippen LogP contribution in [0.15, 0.2) is 48.9 Å². The van der Waals surface area contributed by atoms with Gasteiger partial charge in [0, 0.05) is 62.7 Å². The number of fused-ring (bicyclic) bond motifs is 1. The van der Waals surface area contributed by atoms with Crippen molar-refractivity contribution in [3.05, 3.63) is 48.9 Å². The molecule has 0 unspecified atom stereocenters. The van der Waals surface area contributed by atoms with E-state index in [0.717, 1.165) is 59.7 Å². The molecule has 10 heteroatoms. The number of methoxy groups -OCH3 is 1. The molecule has 4 aromatic rings. The van der Waals surface area contributed by atoms with Crippen LogP contribution in [0.1, 0.15) is 20.8 Å². The summed E-state index contributed by atoms with van der Waals surface area (Å²) in [6, 6.07) is 12.3. The van der Waals surface area contributed by atoms with Crippen LogP contribution in [0.3, 0.4) is 0 Å². The fourth-order valence-electron chi connectivity index (χ4n) is 5.12. The molecule has 1 atom stereocenters. The van der Waals surface area contributed by atoms with Gasteiger partial charge in [0.25, 0.3) is 0 Å². The average molecular weight is 515 g/mol. The lowest BCUT2D eigenvalue weighted by Gasteiger charge is -2.41. The summed E-state index contributed by atoms with van der Waals surface area (Å²) in [5, 5.41) is 11.8. The largest absolute Gasteiger partial charge is 0.494 e. The van der Waals surface area contributed by atoms with Crippen molar-refractivity contribution < 1.29 is 9.53 Å². The van der Waals surface area contributed by atoms with Gasteiger partial charge in [-0.05, 0) is 31.7 Å². The SMILES string of the molecule is CCN1CCN(c2cc(OC)c(Nc3cc(-c4ccc5c(cnn5C)c4)ncn3)cc2NC(C)=O)C[C@@H]1C. The van der Waals surface area contributed by atoms with Crippen molar-refractivity contribution in [3.8, 4) is 17.0 Å². The van der Waals surface area contributed by atoms with E-state index < -0.39 is 0 Å². The predicted molar refractivity (Wildman–Crippen MR) is 151 cm³/mol. The van der Waals surface area contributed by atoms with E-state index in [9.17, 15) is 4.79 Å². The van der Waals surface area contributed by atoms with Crippen molar-refractivity contribution in [2.24, 2.45) is 7.05 Å². The lowest BCUT2D eigenvalue weighted by Crippen LogP contribution is -2.51. The summed E-state index contributed by atoms with van der Waals surface area (Å²) in [5.74, 6) is 1.15. The van der Waals surface area contributed by atoms with Crippen LogP contribution in [0.2, 0.25) is 0 Å². The van der Waals surface area contributed by atoms with E-state index in [-0.39, 0.29) is 5.91 Å². The number of carbonyl (C=O) groups excluding carboxylic acids is 1. The zero-order valence-corrected chi connectivity index (χ0v) is 22.5. The fourth-order valence-corrected chi connectivity index (χ4v) is 5.12. The van der Waals surface area contributed by atoms with Gasteiger partial charge in [-0.25, -0.2) is 9.97 Å². The number of benzene rings is 2. The Bertz CT molecular complexity index is 1470. The third-order valence-corrected chi connectivity index (χ3v) is 7.11. The topological polar surface area (TPSA) is 100 Å². The molecule has 1 aliphatic heterocycles. The lowest BCUT2D eigenvalue weighted by atomic mass is 10.1. The number of nitrogens with zero attached hydrogens (tertiary/aromatic N) is 6. The highest BCUT2D eigenvalue weighted by molar-refractivity contribution is 5.95. The maximum Gasteiger partial charge on any atom is 0.221 e. The Morgan fingerprint density at radius 2 is 1.97 bits per heavy atom. The zero-order valence-electron chi connectivity index (χ0n) is 22.5. The van der Waals surface area contributed by atoms with E-state index in [0.29, 0.717) is 23.3 Å². The van der Waals surface area contributed by atoms with Crippen molar-refractivity contribution in [2.45, 2.75) is 26.8 Å². The molecule has 1 saturated heterocycles. The highest BCUT2D eigenvalue weighted by Crippen LogP contribution is 2.39. The summed E-state index contributed by atoms with van der Waals surface area (Å²) in [7, 11) is 3.57. The van der Waals surface area contributed by atoms with Crippen molar-refractivity contribution >= 4 is 39.7 Å². The summed E-state index contributed by atoms with van der Waals surface area (Å²) < 4.78 is 7.62. The average Bonchev–Trinajstić information content (AvgIpc) is 3.28. The van der Waals surface area contributed by atoms with Gasteiger partial charge in [-0.15, -0.1) is 0 Å². The summed E-state index contributed by atoms with van der Waals surface area (Å²) >= 11 is 0. The highest BCUT2D eigenvalue weighted by Gasteiger charge is 2.25. The first-order chi connectivity index (χ1) is 18.4. The molecule has 5 rings (SSSR count). The first-order valence-electron chi connectivity index (χ1n) is 12.9. The predicted octanol–water partition coefficient (Wildman–Crippen LogP) is 4.27. The summed E-state index contributed by atoms with van der Waals surface area (Å²) in [6.07, 6.45) is 3.38. The molecule has 1 aliphatic rings. The van der Waals surface area contributed by atoms with Gasteiger partial charge in [0.15, 0.2) is 0 Å². The van der Waals surface area contributed by atoms with Crippen molar-refractivity contribution in [2.75, 3.05) is 48.8 Å². The smallest absolute Gasteiger partial charge is 0.221 e. The molecule has 38 heavy (non-hydrogen) atoms. The molecule has 3 heterocycles. The Morgan fingerprint density at radius 1 is 1.13 bits per heavy atom.